The summed E-state index contributed by atoms with van der Waals surface area (Å²) in [6.07, 6.45) is 6.44. The van der Waals surface area contributed by atoms with E-state index in [4.69, 9.17) is 10.7 Å². The normalized spacial score (nSPS) is 14.7. The lowest BCUT2D eigenvalue weighted by molar-refractivity contribution is 0.708. The molecule has 0 aliphatic heterocycles. The lowest BCUT2D eigenvalue weighted by Crippen LogP contribution is -2.09. The van der Waals surface area contributed by atoms with Gasteiger partial charge in [-0.3, -0.25) is 0 Å². The summed E-state index contributed by atoms with van der Waals surface area (Å²) in [5, 5.41) is 0. The van der Waals surface area contributed by atoms with Crippen molar-refractivity contribution < 1.29 is 0 Å². The monoisotopic (exact) mass is 331 g/mol. The Labute approximate surface area is 127 Å². The number of rotatable bonds is 2. The highest BCUT2D eigenvalue weighted by molar-refractivity contribution is 9.10. The molecule has 0 spiro atoms. The molecule has 20 heavy (non-hydrogen) atoms. The van der Waals surface area contributed by atoms with Crippen LogP contribution in [0.5, 0.6) is 0 Å². The number of hydrogen-bond donors (Lipinski definition) is 1. The minimum absolute atomic E-state index is 0.680. The molecule has 1 aromatic carbocycles. The van der Waals surface area contributed by atoms with E-state index in [1.165, 1.54) is 30.4 Å². The third-order valence-corrected chi connectivity index (χ3v) is 4.59. The summed E-state index contributed by atoms with van der Waals surface area (Å²) in [7, 11) is 0. The van der Waals surface area contributed by atoms with Crippen molar-refractivity contribution in [3.05, 3.63) is 51.4 Å². The molecule has 2 N–H and O–H groups in total. The number of aryl methyl sites for hydroxylation is 1. The second-order valence-electron chi connectivity index (χ2n) is 5.28. The molecule has 2 aromatic rings. The van der Waals surface area contributed by atoms with Crippen LogP contribution in [-0.2, 0) is 19.3 Å². The zero-order chi connectivity index (χ0) is 13.9. The molecule has 0 atom stereocenters. The van der Waals surface area contributed by atoms with Gasteiger partial charge < -0.3 is 5.73 Å². The summed E-state index contributed by atoms with van der Waals surface area (Å²) in [6.45, 7) is 0. The van der Waals surface area contributed by atoms with Gasteiger partial charge in [0.05, 0.1) is 0 Å². The van der Waals surface area contributed by atoms with E-state index in [0.717, 1.165) is 35.3 Å². The zero-order valence-corrected chi connectivity index (χ0v) is 13.0. The molecule has 104 valence electrons. The number of benzene rings is 1. The maximum atomic E-state index is 6.14. The highest BCUT2D eigenvalue weighted by Gasteiger charge is 2.15. The van der Waals surface area contributed by atoms with Crippen molar-refractivity contribution in [3.8, 4) is 0 Å². The summed E-state index contributed by atoms with van der Waals surface area (Å²) < 4.78 is 1.09. The van der Waals surface area contributed by atoms with Gasteiger partial charge in [0.15, 0.2) is 0 Å². The SMILES string of the molecule is Nc1nc(Cc2ccccc2Br)nc2c1CCCCC2. The molecule has 0 radical (unpaired) electrons. The molecular weight excluding hydrogens is 314 g/mol. The summed E-state index contributed by atoms with van der Waals surface area (Å²) >= 11 is 3.57. The van der Waals surface area contributed by atoms with E-state index in [9.17, 15) is 0 Å². The number of halogens is 1. The Hall–Kier alpha value is -1.42. The van der Waals surface area contributed by atoms with Gasteiger partial charge >= 0.3 is 0 Å². The van der Waals surface area contributed by atoms with Gasteiger partial charge in [0, 0.05) is 22.2 Å². The van der Waals surface area contributed by atoms with Gasteiger partial charge in [0.25, 0.3) is 0 Å². The molecule has 1 heterocycles. The number of fused-ring (bicyclic) bond motifs is 1. The van der Waals surface area contributed by atoms with Crippen LogP contribution >= 0.6 is 15.9 Å². The second kappa shape index (κ2) is 5.92. The Morgan fingerprint density at radius 2 is 1.85 bits per heavy atom. The number of nitrogens with zero attached hydrogens (tertiary/aromatic N) is 2. The fourth-order valence-electron chi connectivity index (χ4n) is 2.74. The van der Waals surface area contributed by atoms with E-state index >= 15 is 0 Å². The van der Waals surface area contributed by atoms with Crippen molar-refractivity contribution in [1.82, 2.24) is 9.97 Å². The summed E-state index contributed by atoms with van der Waals surface area (Å²) in [5.41, 5.74) is 9.68. The maximum absolute atomic E-state index is 6.14. The molecule has 1 aliphatic rings. The second-order valence-corrected chi connectivity index (χ2v) is 6.13. The number of anilines is 1. The van der Waals surface area contributed by atoms with Gasteiger partial charge in [-0.1, -0.05) is 40.5 Å². The summed E-state index contributed by atoms with van der Waals surface area (Å²) in [6, 6.07) is 8.18. The van der Waals surface area contributed by atoms with Gasteiger partial charge in [0.1, 0.15) is 11.6 Å². The number of aromatic nitrogens is 2. The topological polar surface area (TPSA) is 51.8 Å². The molecule has 0 saturated heterocycles. The molecule has 0 bridgehead atoms. The van der Waals surface area contributed by atoms with E-state index in [2.05, 4.69) is 27.0 Å². The molecule has 3 nitrogen and oxygen atoms in total. The van der Waals surface area contributed by atoms with Gasteiger partial charge in [0.2, 0.25) is 0 Å². The first-order chi connectivity index (χ1) is 9.74. The molecule has 4 heteroatoms. The summed E-state index contributed by atoms with van der Waals surface area (Å²) in [5.74, 6) is 1.51. The van der Waals surface area contributed by atoms with Crippen LogP contribution in [0.25, 0.3) is 0 Å². The fourth-order valence-corrected chi connectivity index (χ4v) is 3.17. The quantitative estimate of drug-likeness (QED) is 0.854. The van der Waals surface area contributed by atoms with Gasteiger partial charge in [-0.25, -0.2) is 9.97 Å². The van der Waals surface area contributed by atoms with Crippen molar-refractivity contribution in [1.29, 1.82) is 0 Å². The minimum atomic E-state index is 0.680. The molecule has 0 fully saturated rings. The Kier molecular flexibility index (Phi) is 4.01. The number of nitrogen functional groups attached to an aromatic ring is 1. The smallest absolute Gasteiger partial charge is 0.135 e. The van der Waals surface area contributed by atoms with E-state index in [1.807, 2.05) is 18.2 Å². The highest BCUT2D eigenvalue weighted by Crippen LogP contribution is 2.24. The standard InChI is InChI=1S/C16H18BrN3/c17-13-8-5-4-6-11(13)10-15-19-14-9-3-1-2-7-12(14)16(18)20-15/h4-6,8H,1-3,7,9-10H2,(H2,18,19,20). The van der Waals surface area contributed by atoms with Crippen molar-refractivity contribution >= 4 is 21.7 Å². The lowest BCUT2D eigenvalue weighted by Gasteiger charge is -2.11. The van der Waals surface area contributed by atoms with Gasteiger partial charge in [-0.05, 0) is 37.3 Å². The third kappa shape index (κ3) is 2.85. The highest BCUT2D eigenvalue weighted by atomic mass is 79.9. The maximum Gasteiger partial charge on any atom is 0.135 e. The van der Waals surface area contributed by atoms with Crippen LogP contribution in [0.1, 0.15) is 41.9 Å². The van der Waals surface area contributed by atoms with Crippen molar-refractivity contribution in [2.45, 2.75) is 38.5 Å². The van der Waals surface area contributed by atoms with E-state index in [-0.39, 0.29) is 0 Å². The first-order valence-electron chi connectivity index (χ1n) is 7.11. The van der Waals surface area contributed by atoms with Crippen LogP contribution in [-0.4, -0.2) is 9.97 Å². The van der Waals surface area contributed by atoms with E-state index in [1.54, 1.807) is 0 Å². The van der Waals surface area contributed by atoms with Crippen molar-refractivity contribution in [2.24, 2.45) is 0 Å². The van der Waals surface area contributed by atoms with Crippen LogP contribution in [0, 0.1) is 0 Å². The zero-order valence-electron chi connectivity index (χ0n) is 11.4. The number of nitrogens with two attached hydrogens (primary N) is 1. The van der Waals surface area contributed by atoms with Crippen molar-refractivity contribution in [2.75, 3.05) is 5.73 Å². The predicted molar refractivity (Wildman–Crippen MR) is 84.7 cm³/mol. The molecule has 1 aliphatic carbocycles. The molecule has 0 saturated carbocycles. The summed E-state index contributed by atoms with van der Waals surface area (Å²) in [4.78, 5) is 9.27. The van der Waals surface area contributed by atoms with E-state index < -0.39 is 0 Å². The fraction of sp³-hybridized carbons (Fsp3) is 0.375. The molecular formula is C16H18BrN3. The largest absolute Gasteiger partial charge is 0.383 e. The van der Waals surface area contributed by atoms with Crippen LogP contribution < -0.4 is 5.73 Å². The average Bonchev–Trinajstić information content (AvgIpc) is 2.67. The van der Waals surface area contributed by atoms with Crippen LogP contribution in [0.15, 0.2) is 28.7 Å². The molecule has 0 unspecified atom stereocenters. The first kappa shape index (κ1) is 13.6. The third-order valence-electron chi connectivity index (χ3n) is 3.82. The lowest BCUT2D eigenvalue weighted by atomic mass is 10.1. The molecule has 3 rings (SSSR count). The van der Waals surface area contributed by atoms with E-state index in [0.29, 0.717) is 5.82 Å². The Bertz CT molecular complexity index is 625. The Morgan fingerprint density at radius 3 is 2.70 bits per heavy atom. The Balaban J connectivity index is 1.93. The van der Waals surface area contributed by atoms with Crippen LogP contribution in [0.4, 0.5) is 5.82 Å². The predicted octanol–water partition coefficient (Wildman–Crippen LogP) is 3.68. The first-order valence-corrected chi connectivity index (χ1v) is 7.91. The van der Waals surface area contributed by atoms with Gasteiger partial charge in [-0.15, -0.1) is 0 Å². The van der Waals surface area contributed by atoms with Crippen LogP contribution in [0.2, 0.25) is 0 Å². The number of hydrogen-bond acceptors (Lipinski definition) is 3. The molecule has 0 amide bonds. The average molecular weight is 332 g/mol. The van der Waals surface area contributed by atoms with Gasteiger partial charge in [-0.2, -0.15) is 0 Å². The van der Waals surface area contributed by atoms with Crippen LogP contribution in [0.3, 0.4) is 0 Å². The Morgan fingerprint density at radius 1 is 1.05 bits per heavy atom. The minimum Gasteiger partial charge on any atom is -0.383 e. The van der Waals surface area contributed by atoms with Crippen molar-refractivity contribution in [3.63, 3.8) is 0 Å². The molecule has 1 aromatic heterocycles.